The lowest BCUT2D eigenvalue weighted by atomic mass is 10.0. The summed E-state index contributed by atoms with van der Waals surface area (Å²) < 4.78 is 0. The predicted molar refractivity (Wildman–Crippen MR) is 89.7 cm³/mol. The van der Waals surface area contributed by atoms with Gasteiger partial charge in [-0.2, -0.15) is 0 Å². The van der Waals surface area contributed by atoms with Crippen LogP contribution in [0.15, 0.2) is 91.0 Å². The monoisotopic (exact) mass is 304 g/mol. The Kier molecular flexibility index (Phi) is 5.83. The average molecular weight is 304 g/mol. The van der Waals surface area contributed by atoms with Crippen LogP contribution in [0.1, 0.15) is 26.3 Å². The Morgan fingerprint density at radius 1 is 0.522 bits per heavy atom. The van der Waals surface area contributed by atoms with E-state index in [1.807, 2.05) is 60.7 Å². The predicted octanol–water partition coefficient (Wildman–Crippen LogP) is 4.30. The van der Waals surface area contributed by atoms with Crippen molar-refractivity contribution >= 4 is 11.8 Å². The van der Waals surface area contributed by atoms with Gasteiger partial charge in [0.1, 0.15) is 0 Å². The maximum absolute atomic E-state index is 11.8. The highest BCUT2D eigenvalue weighted by atomic mass is 16.4. The van der Waals surface area contributed by atoms with Crippen molar-refractivity contribution in [3.05, 3.63) is 108 Å². The van der Waals surface area contributed by atoms with E-state index in [0.717, 1.165) is 11.1 Å². The highest BCUT2D eigenvalue weighted by molar-refractivity contribution is 6.08. The zero-order chi connectivity index (χ0) is 16.5. The van der Waals surface area contributed by atoms with Crippen LogP contribution in [0.25, 0.3) is 0 Å². The Balaban J connectivity index is 0.000000185. The molecule has 0 spiro atoms. The van der Waals surface area contributed by atoms with E-state index in [2.05, 4.69) is 0 Å². The van der Waals surface area contributed by atoms with E-state index in [9.17, 15) is 9.59 Å². The minimum absolute atomic E-state index is 0.0752. The van der Waals surface area contributed by atoms with Gasteiger partial charge in [0, 0.05) is 11.1 Å². The summed E-state index contributed by atoms with van der Waals surface area (Å²) in [5.41, 5.74) is 1.80. The van der Waals surface area contributed by atoms with Crippen LogP contribution >= 0.6 is 0 Å². The van der Waals surface area contributed by atoms with E-state index in [4.69, 9.17) is 5.11 Å². The van der Waals surface area contributed by atoms with E-state index >= 15 is 0 Å². The molecule has 3 rings (SSSR count). The highest BCUT2D eigenvalue weighted by Gasteiger charge is 2.06. The van der Waals surface area contributed by atoms with E-state index in [1.54, 1.807) is 30.3 Å². The quantitative estimate of drug-likeness (QED) is 0.734. The zero-order valence-corrected chi connectivity index (χ0v) is 12.4. The van der Waals surface area contributed by atoms with E-state index in [0.29, 0.717) is 5.56 Å². The van der Waals surface area contributed by atoms with Crippen LogP contribution < -0.4 is 0 Å². The molecule has 0 heterocycles. The lowest BCUT2D eigenvalue weighted by molar-refractivity contribution is 0.0696. The van der Waals surface area contributed by atoms with Gasteiger partial charge < -0.3 is 5.11 Å². The first-order chi connectivity index (χ1) is 11.2. The molecular weight excluding hydrogens is 288 g/mol. The molecule has 0 unspecified atom stereocenters. The molecule has 1 N–H and O–H groups in total. The van der Waals surface area contributed by atoms with Crippen molar-refractivity contribution in [1.82, 2.24) is 0 Å². The van der Waals surface area contributed by atoms with Crippen LogP contribution in [-0.2, 0) is 0 Å². The number of carboxylic acids is 1. The highest BCUT2D eigenvalue weighted by Crippen LogP contribution is 2.08. The van der Waals surface area contributed by atoms with Crippen molar-refractivity contribution in [3.8, 4) is 0 Å². The molecule has 3 aromatic rings. The topological polar surface area (TPSA) is 54.4 Å². The summed E-state index contributed by atoms with van der Waals surface area (Å²) in [5.74, 6) is -0.804. The standard InChI is InChI=1S/C13H10O.C7H6O2/c14-13(11-7-3-1-4-8-11)12-9-5-2-6-10-12;8-7(9)6-4-2-1-3-5-6/h1-10H;1-5H,(H,8,9). The van der Waals surface area contributed by atoms with Gasteiger partial charge in [-0.1, -0.05) is 78.9 Å². The summed E-state index contributed by atoms with van der Waals surface area (Å²) in [6.45, 7) is 0. The molecule has 3 nitrogen and oxygen atoms in total. The largest absolute Gasteiger partial charge is 0.478 e. The van der Waals surface area contributed by atoms with Gasteiger partial charge in [-0.25, -0.2) is 4.79 Å². The molecule has 0 atom stereocenters. The average Bonchev–Trinajstić information content (AvgIpc) is 2.64. The van der Waals surface area contributed by atoms with Crippen LogP contribution in [0.2, 0.25) is 0 Å². The Morgan fingerprint density at radius 3 is 1.09 bits per heavy atom. The minimum Gasteiger partial charge on any atom is -0.478 e. The number of benzene rings is 3. The maximum Gasteiger partial charge on any atom is 0.335 e. The maximum atomic E-state index is 11.8. The zero-order valence-electron chi connectivity index (χ0n) is 12.4. The van der Waals surface area contributed by atoms with Gasteiger partial charge in [0.25, 0.3) is 0 Å². The Morgan fingerprint density at radius 2 is 0.826 bits per heavy atom. The Labute approximate surface area is 134 Å². The van der Waals surface area contributed by atoms with Gasteiger partial charge >= 0.3 is 5.97 Å². The molecule has 0 aliphatic heterocycles. The summed E-state index contributed by atoms with van der Waals surface area (Å²) >= 11 is 0. The lowest BCUT2D eigenvalue weighted by Gasteiger charge is -1.99. The smallest absolute Gasteiger partial charge is 0.335 e. The molecule has 0 fully saturated rings. The SMILES string of the molecule is O=C(O)c1ccccc1.O=C(c1ccccc1)c1ccccc1. The number of rotatable bonds is 3. The molecule has 0 saturated heterocycles. The lowest BCUT2D eigenvalue weighted by Crippen LogP contribution is -1.99. The molecule has 3 aromatic carbocycles. The molecule has 0 amide bonds. The number of carboxylic acid groups (broad SMARTS) is 1. The van der Waals surface area contributed by atoms with Crippen LogP contribution in [0.3, 0.4) is 0 Å². The third-order valence-electron chi connectivity index (χ3n) is 3.09. The fourth-order valence-corrected chi connectivity index (χ4v) is 1.93. The first kappa shape index (κ1) is 16.2. The van der Waals surface area contributed by atoms with E-state index in [-0.39, 0.29) is 5.78 Å². The van der Waals surface area contributed by atoms with Crippen molar-refractivity contribution in [2.45, 2.75) is 0 Å². The second-order valence-corrected chi connectivity index (χ2v) is 4.73. The van der Waals surface area contributed by atoms with Crippen molar-refractivity contribution in [2.75, 3.05) is 0 Å². The normalized spacial score (nSPS) is 9.39. The third kappa shape index (κ3) is 4.93. The minimum atomic E-state index is -0.879. The van der Waals surface area contributed by atoms with E-state index in [1.165, 1.54) is 0 Å². The van der Waals surface area contributed by atoms with Crippen molar-refractivity contribution < 1.29 is 14.7 Å². The number of carbonyl (C=O) groups is 2. The van der Waals surface area contributed by atoms with Crippen LogP contribution in [0, 0.1) is 0 Å². The summed E-state index contributed by atoms with van der Waals surface area (Å²) in [6.07, 6.45) is 0. The number of carbonyl (C=O) groups excluding carboxylic acids is 1. The van der Waals surface area contributed by atoms with Gasteiger partial charge in [-0.15, -0.1) is 0 Å². The summed E-state index contributed by atoms with van der Waals surface area (Å²) in [6, 6.07) is 26.9. The van der Waals surface area contributed by atoms with Crippen LogP contribution in [-0.4, -0.2) is 16.9 Å². The first-order valence-electron chi connectivity index (χ1n) is 7.11. The number of hydrogen-bond acceptors (Lipinski definition) is 2. The van der Waals surface area contributed by atoms with Crippen molar-refractivity contribution in [2.24, 2.45) is 0 Å². The molecule has 0 aliphatic rings. The molecule has 0 aliphatic carbocycles. The summed E-state index contributed by atoms with van der Waals surface area (Å²) in [5, 5.41) is 8.38. The van der Waals surface area contributed by atoms with Crippen molar-refractivity contribution in [3.63, 3.8) is 0 Å². The number of aromatic carboxylic acids is 1. The fourth-order valence-electron chi connectivity index (χ4n) is 1.93. The molecule has 114 valence electrons. The summed E-state index contributed by atoms with van der Waals surface area (Å²) in [4.78, 5) is 22.0. The van der Waals surface area contributed by atoms with E-state index < -0.39 is 5.97 Å². The molecule has 3 heteroatoms. The first-order valence-corrected chi connectivity index (χ1v) is 7.11. The van der Waals surface area contributed by atoms with Gasteiger partial charge in [-0.3, -0.25) is 4.79 Å². The van der Waals surface area contributed by atoms with Gasteiger partial charge in [0.2, 0.25) is 0 Å². The molecular formula is C20H16O3. The van der Waals surface area contributed by atoms with Crippen molar-refractivity contribution in [1.29, 1.82) is 0 Å². The molecule has 23 heavy (non-hydrogen) atoms. The molecule has 0 aromatic heterocycles. The second kappa shape index (κ2) is 8.29. The third-order valence-corrected chi connectivity index (χ3v) is 3.09. The van der Waals surface area contributed by atoms with Gasteiger partial charge in [0.05, 0.1) is 5.56 Å². The van der Waals surface area contributed by atoms with Crippen LogP contribution in [0.5, 0.6) is 0 Å². The second-order valence-electron chi connectivity index (χ2n) is 4.73. The number of ketones is 1. The van der Waals surface area contributed by atoms with Gasteiger partial charge in [0.15, 0.2) is 5.78 Å². The summed E-state index contributed by atoms with van der Waals surface area (Å²) in [7, 11) is 0. The number of hydrogen-bond donors (Lipinski definition) is 1. The fraction of sp³-hybridized carbons (Fsp3) is 0. The molecule has 0 bridgehead atoms. The Hall–Kier alpha value is -3.20. The van der Waals surface area contributed by atoms with Gasteiger partial charge in [-0.05, 0) is 12.1 Å². The molecule has 0 saturated carbocycles. The van der Waals surface area contributed by atoms with Crippen LogP contribution in [0.4, 0.5) is 0 Å². The molecule has 0 radical (unpaired) electrons. The Bertz CT molecular complexity index is 709.